The Bertz CT molecular complexity index is 831. The predicted octanol–water partition coefficient (Wildman–Crippen LogP) is 0.741. The first-order chi connectivity index (χ1) is 12.1. The van der Waals surface area contributed by atoms with E-state index in [9.17, 15) is 22.8 Å². The molecule has 0 bridgehead atoms. The van der Waals surface area contributed by atoms with Crippen molar-refractivity contribution in [1.29, 1.82) is 0 Å². The quantitative estimate of drug-likeness (QED) is 0.573. The van der Waals surface area contributed by atoms with Crippen LogP contribution in [-0.2, 0) is 24.2 Å². The van der Waals surface area contributed by atoms with E-state index in [2.05, 4.69) is 15.4 Å². The first kappa shape index (κ1) is 19.9. The number of hydrogen-bond acceptors (Lipinski definition) is 6. The molecule has 26 heavy (non-hydrogen) atoms. The Labute approximate surface area is 152 Å². The third kappa shape index (κ3) is 4.40. The summed E-state index contributed by atoms with van der Waals surface area (Å²) in [7, 11) is -1.91. The molecule has 1 fully saturated rings. The number of nitrogens with one attached hydrogen (secondary N) is 2. The van der Waals surface area contributed by atoms with Gasteiger partial charge in [0.25, 0.3) is 0 Å². The number of para-hydroxylation sites is 1. The summed E-state index contributed by atoms with van der Waals surface area (Å²) in [5, 5.41) is 5.19. The second-order valence-electron chi connectivity index (χ2n) is 6.69. The molecular weight excluding hydrogens is 360 g/mol. The van der Waals surface area contributed by atoms with Crippen LogP contribution in [-0.4, -0.2) is 50.9 Å². The lowest BCUT2D eigenvalue weighted by Gasteiger charge is -2.25. The summed E-state index contributed by atoms with van der Waals surface area (Å²) in [6.45, 7) is 2.86. The molecule has 1 saturated heterocycles. The molecule has 1 unspecified atom stereocenters. The third-order valence-electron chi connectivity index (χ3n) is 4.28. The van der Waals surface area contributed by atoms with Gasteiger partial charge >= 0.3 is 5.97 Å². The van der Waals surface area contributed by atoms with Crippen molar-refractivity contribution >= 4 is 33.3 Å². The van der Waals surface area contributed by atoms with Crippen molar-refractivity contribution < 1.29 is 27.5 Å². The maximum Gasteiger partial charge on any atom is 0.339 e. The monoisotopic (exact) mass is 382 g/mol. The number of carbonyl (C=O) groups excluding carboxylic acids is 3. The first-order valence-electron chi connectivity index (χ1n) is 8.07. The molecule has 0 radical (unpaired) electrons. The first-order valence-corrected chi connectivity index (χ1v) is 9.89. The van der Waals surface area contributed by atoms with E-state index in [1.807, 2.05) is 0 Å². The summed E-state index contributed by atoms with van der Waals surface area (Å²) in [5.41, 5.74) is -1.06. The van der Waals surface area contributed by atoms with Crippen LogP contribution in [0.2, 0.25) is 0 Å². The Hall–Kier alpha value is -2.42. The van der Waals surface area contributed by atoms with E-state index in [1.165, 1.54) is 33.1 Å². The summed E-state index contributed by atoms with van der Waals surface area (Å²) in [4.78, 5) is 36.9. The van der Waals surface area contributed by atoms with Crippen molar-refractivity contribution in [1.82, 2.24) is 5.32 Å². The molecule has 0 saturated carbocycles. The van der Waals surface area contributed by atoms with Crippen LogP contribution in [0.3, 0.4) is 0 Å². The molecule has 1 aromatic rings. The molecule has 1 aromatic carbocycles. The van der Waals surface area contributed by atoms with Crippen LogP contribution in [0.1, 0.15) is 30.6 Å². The highest BCUT2D eigenvalue weighted by Gasteiger charge is 2.39. The second kappa shape index (κ2) is 7.45. The second-order valence-corrected chi connectivity index (χ2v) is 8.92. The number of rotatable bonds is 5. The van der Waals surface area contributed by atoms with Gasteiger partial charge < -0.3 is 15.4 Å². The standard InChI is InChI=1S/C17H22N2O6S/c1-17(2,15(21)18-11-8-9-26(23,24)10-11)16(22)19-13-7-5-4-6-12(13)14(20)25-3/h4-7,11H,8-10H2,1-3H3,(H,18,21)(H,19,22). The normalized spacial score (nSPS) is 18.8. The molecule has 0 aliphatic carbocycles. The van der Waals surface area contributed by atoms with E-state index < -0.39 is 39.1 Å². The van der Waals surface area contributed by atoms with Gasteiger partial charge in [0.15, 0.2) is 9.84 Å². The van der Waals surface area contributed by atoms with Gasteiger partial charge in [-0.3, -0.25) is 9.59 Å². The molecule has 0 spiro atoms. The Morgan fingerprint density at radius 3 is 2.38 bits per heavy atom. The molecule has 1 aliphatic heterocycles. The minimum Gasteiger partial charge on any atom is -0.465 e. The van der Waals surface area contributed by atoms with E-state index in [-0.39, 0.29) is 22.8 Å². The lowest BCUT2D eigenvalue weighted by Crippen LogP contribution is -2.49. The van der Waals surface area contributed by atoms with E-state index in [4.69, 9.17) is 0 Å². The largest absolute Gasteiger partial charge is 0.465 e. The lowest BCUT2D eigenvalue weighted by molar-refractivity contribution is -0.138. The number of sulfone groups is 1. The fourth-order valence-electron chi connectivity index (χ4n) is 2.54. The SMILES string of the molecule is COC(=O)c1ccccc1NC(=O)C(C)(C)C(=O)NC1CCS(=O)(=O)C1. The number of ether oxygens (including phenoxy) is 1. The fraction of sp³-hybridized carbons (Fsp3) is 0.471. The van der Waals surface area contributed by atoms with Crippen LogP contribution in [0, 0.1) is 5.41 Å². The van der Waals surface area contributed by atoms with E-state index >= 15 is 0 Å². The summed E-state index contributed by atoms with van der Waals surface area (Å²) in [6.07, 6.45) is 0.330. The predicted molar refractivity (Wildman–Crippen MR) is 95.4 cm³/mol. The molecule has 1 aliphatic rings. The van der Waals surface area contributed by atoms with Gasteiger partial charge in [-0.1, -0.05) is 12.1 Å². The fourth-order valence-corrected chi connectivity index (χ4v) is 4.21. The minimum atomic E-state index is -3.14. The topological polar surface area (TPSA) is 119 Å². The third-order valence-corrected chi connectivity index (χ3v) is 6.05. The number of carbonyl (C=O) groups is 3. The van der Waals surface area contributed by atoms with E-state index in [0.29, 0.717) is 6.42 Å². The average molecular weight is 382 g/mol. The highest BCUT2D eigenvalue weighted by molar-refractivity contribution is 7.91. The van der Waals surface area contributed by atoms with Gasteiger partial charge in [-0.15, -0.1) is 0 Å². The Kier molecular flexibility index (Phi) is 5.70. The lowest BCUT2D eigenvalue weighted by atomic mass is 9.90. The summed E-state index contributed by atoms with van der Waals surface area (Å²) >= 11 is 0. The van der Waals surface area contributed by atoms with Crippen LogP contribution in [0.15, 0.2) is 24.3 Å². The molecular formula is C17H22N2O6S. The number of esters is 1. The zero-order valence-corrected chi connectivity index (χ0v) is 15.7. The van der Waals surface area contributed by atoms with Gasteiger partial charge in [-0.2, -0.15) is 0 Å². The molecule has 0 aromatic heterocycles. The van der Waals surface area contributed by atoms with Gasteiger partial charge in [0.05, 0.1) is 29.9 Å². The number of methoxy groups -OCH3 is 1. The average Bonchev–Trinajstić information content (AvgIpc) is 2.93. The van der Waals surface area contributed by atoms with Crippen LogP contribution < -0.4 is 10.6 Å². The zero-order chi connectivity index (χ0) is 19.5. The van der Waals surface area contributed by atoms with Crippen molar-refractivity contribution in [3.05, 3.63) is 29.8 Å². The molecule has 1 atom stereocenters. The molecule has 2 amide bonds. The molecule has 1 heterocycles. The smallest absolute Gasteiger partial charge is 0.339 e. The van der Waals surface area contributed by atoms with Crippen molar-refractivity contribution in [2.24, 2.45) is 5.41 Å². The van der Waals surface area contributed by atoms with Crippen molar-refractivity contribution in [3.63, 3.8) is 0 Å². The van der Waals surface area contributed by atoms with Crippen molar-refractivity contribution in [2.45, 2.75) is 26.3 Å². The molecule has 9 heteroatoms. The van der Waals surface area contributed by atoms with Gasteiger partial charge in [0, 0.05) is 6.04 Å². The van der Waals surface area contributed by atoms with Crippen molar-refractivity contribution in [3.8, 4) is 0 Å². The maximum atomic E-state index is 12.6. The molecule has 8 nitrogen and oxygen atoms in total. The van der Waals surface area contributed by atoms with Gasteiger partial charge in [0.2, 0.25) is 11.8 Å². The zero-order valence-electron chi connectivity index (χ0n) is 14.9. The van der Waals surface area contributed by atoms with Crippen molar-refractivity contribution in [2.75, 3.05) is 23.9 Å². The number of amides is 2. The summed E-state index contributed by atoms with van der Waals surface area (Å²) in [5.74, 6) is -1.90. The van der Waals surface area contributed by atoms with Crippen LogP contribution >= 0.6 is 0 Å². The van der Waals surface area contributed by atoms with Gasteiger partial charge in [0.1, 0.15) is 5.41 Å². The van der Waals surface area contributed by atoms with Crippen LogP contribution in [0.5, 0.6) is 0 Å². The molecule has 2 rings (SSSR count). The number of anilines is 1. The van der Waals surface area contributed by atoms with Crippen LogP contribution in [0.4, 0.5) is 5.69 Å². The van der Waals surface area contributed by atoms with E-state index in [0.717, 1.165) is 0 Å². The highest BCUT2D eigenvalue weighted by Crippen LogP contribution is 2.23. The van der Waals surface area contributed by atoms with Crippen LogP contribution in [0.25, 0.3) is 0 Å². The maximum absolute atomic E-state index is 12.6. The number of benzene rings is 1. The Morgan fingerprint density at radius 2 is 1.81 bits per heavy atom. The Morgan fingerprint density at radius 1 is 1.15 bits per heavy atom. The number of hydrogen-bond donors (Lipinski definition) is 2. The molecule has 142 valence electrons. The highest BCUT2D eigenvalue weighted by atomic mass is 32.2. The minimum absolute atomic E-state index is 0.0249. The molecule has 2 N–H and O–H groups in total. The summed E-state index contributed by atoms with van der Waals surface area (Å²) in [6, 6.07) is 5.79. The summed E-state index contributed by atoms with van der Waals surface area (Å²) < 4.78 is 27.7. The van der Waals surface area contributed by atoms with Gasteiger partial charge in [-0.05, 0) is 32.4 Å². The van der Waals surface area contributed by atoms with E-state index in [1.54, 1.807) is 12.1 Å². The Balaban J connectivity index is 2.10. The van der Waals surface area contributed by atoms with Gasteiger partial charge in [-0.25, -0.2) is 13.2 Å².